The maximum absolute atomic E-state index is 9.45. The van der Waals surface area contributed by atoms with Gasteiger partial charge in [-0.3, -0.25) is 0 Å². The standard InChI is InChI=1S/C10H7ClN2O/c11-8-1-2-9-6(4-8)3-7(5-12)10(14)13-9/h1-4,10,13-14H. The van der Waals surface area contributed by atoms with Crippen molar-refractivity contribution in [1.82, 2.24) is 0 Å². The van der Waals surface area contributed by atoms with E-state index in [4.69, 9.17) is 16.9 Å². The Labute approximate surface area is 86.2 Å². The zero-order valence-corrected chi connectivity index (χ0v) is 7.92. The molecule has 0 radical (unpaired) electrons. The number of rotatable bonds is 0. The van der Waals surface area contributed by atoms with Gasteiger partial charge in [0, 0.05) is 16.3 Å². The number of hydrogen-bond donors (Lipinski definition) is 2. The maximum Gasteiger partial charge on any atom is 0.160 e. The summed E-state index contributed by atoms with van der Waals surface area (Å²) >= 11 is 5.80. The van der Waals surface area contributed by atoms with Crippen LogP contribution in [0.25, 0.3) is 6.08 Å². The molecule has 0 aromatic heterocycles. The van der Waals surface area contributed by atoms with Gasteiger partial charge in [0.05, 0.1) is 11.6 Å². The van der Waals surface area contributed by atoms with E-state index in [2.05, 4.69) is 5.32 Å². The van der Waals surface area contributed by atoms with Crippen LogP contribution >= 0.6 is 11.6 Å². The molecule has 14 heavy (non-hydrogen) atoms. The molecule has 0 spiro atoms. The number of nitrogens with zero attached hydrogens (tertiary/aromatic N) is 1. The molecule has 2 N–H and O–H groups in total. The Morgan fingerprint density at radius 3 is 3.00 bits per heavy atom. The zero-order valence-electron chi connectivity index (χ0n) is 7.16. The monoisotopic (exact) mass is 206 g/mol. The number of anilines is 1. The third-order valence-electron chi connectivity index (χ3n) is 2.04. The van der Waals surface area contributed by atoms with E-state index in [1.165, 1.54) is 0 Å². The van der Waals surface area contributed by atoms with Gasteiger partial charge in [-0.1, -0.05) is 11.6 Å². The lowest BCUT2D eigenvalue weighted by molar-refractivity contribution is 0.244. The summed E-state index contributed by atoms with van der Waals surface area (Å²) in [6.45, 7) is 0. The van der Waals surface area contributed by atoms with Gasteiger partial charge in [0.2, 0.25) is 0 Å². The maximum atomic E-state index is 9.45. The van der Waals surface area contributed by atoms with Crippen LogP contribution < -0.4 is 5.32 Å². The van der Waals surface area contributed by atoms with E-state index in [0.717, 1.165) is 11.3 Å². The molecular weight excluding hydrogens is 200 g/mol. The minimum atomic E-state index is -0.923. The van der Waals surface area contributed by atoms with Crippen LogP contribution in [0, 0.1) is 11.3 Å². The van der Waals surface area contributed by atoms with Crippen LogP contribution in [-0.2, 0) is 0 Å². The van der Waals surface area contributed by atoms with Gasteiger partial charge in [0.1, 0.15) is 0 Å². The van der Waals surface area contributed by atoms with Gasteiger partial charge in [-0.25, -0.2) is 0 Å². The second-order valence-corrected chi connectivity index (χ2v) is 3.43. The highest BCUT2D eigenvalue weighted by Gasteiger charge is 2.17. The molecule has 0 amide bonds. The molecule has 1 aromatic carbocycles. The predicted octanol–water partition coefficient (Wildman–Crippen LogP) is 1.99. The van der Waals surface area contributed by atoms with Gasteiger partial charge in [-0.2, -0.15) is 5.26 Å². The summed E-state index contributed by atoms with van der Waals surface area (Å²) in [6, 6.07) is 7.16. The Kier molecular flexibility index (Phi) is 2.16. The van der Waals surface area contributed by atoms with Gasteiger partial charge in [0.25, 0.3) is 0 Å². The van der Waals surface area contributed by atoms with Gasteiger partial charge >= 0.3 is 0 Å². The summed E-state index contributed by atoms with van der Waals surface area (Å²) < 4.78 is 0. The lowest BCUT2D eigenvalue weighted by atomic mass is 10.0. The average molecular weight is 207 g/mol. The number of hydrogen-bond acceptors (Lipinski definition) is 3. The van der Waals surface area contributed by atoms with E-state index in [9.17, 15) is 5.11 Å². The van der Waals surface area contributed by atoms with Gasteiger partial charge in [-0.15, -0.1) is 0 Å². The number of nitrogens with one attached hydrogen (secondary N) is 1. The number of aliphatic hydroxyl groups is 1. The summed E-state index contributed by atoms with van der Waals surface area (Å²) in [5.41, 5.74) is 1.89. The highest BCUT2D eigenvalue weighted by molar-refractivity contribution is 6.30. The summed E-state index contributed by atoms with van der Waals surface area (Å²) in [4.78, 5) is 0. The Balaban J connectivity index is 2.53. The summed E-state index contributed by atoms with van der Waals surface area (Å²) in [5.74, 6) is 0. The molecule has 2 rings (SSSR count). The molecule has 1 aliphatic heterocycles. The molecule has 0 aliphatic carbocycles. The van der Waals surface area contributed by atoms with Crippen molar-refractivity contribution in [1.29, 1.82) is 5.26 Å². The number of fused-ring (bicyclic) bond motifs is 1. The molecule has 0 bridgehead atoms. The molecule has 1 atom stereocenters. The van der Waals surface area contributed by atoms with Crippen molar-refractivity contribution in [3.05, 3.63) is 34.4 Å². The predicted molar refractivity (Wildman–Crippen MR) is 54.7 cm³/mol. The zero-order chi connectivity index (χ0) is 10.1. The average Bonchev–Trinajstić information content (AvgIpc) is 2.17. The Hall–Kier alpha value is -1.50. The summed E-state index contributed by atoms with van der Waals surface area (Å²) in [5, 5.41) is 21.6. The van der Waals surface area contributed by atoms with Crippen molar-refractivity contribution in [3.8, 4) is 6.07 Å². The smallest absolute Gasteiger partial charge is 0.160 e. The summed E-state index contributed by atoms with van der Waals surface area (Å²) in [6.07, 6.45) is 0.705. The molecule has 1 heterocycles. The van der Waals surface area contributed by atoms with Crippen molar-refractivity contribution in [3.63, 3.8) is 0 Å². The molecule has 0 saturated carbocycles. The van der Waals surface area contributed by atoms with Gasteiger partial charge < -0.3 is 10.4 Å². The van der Waals surface area contributed by atoms with E-state index in [1.807, 2.05) is 6.07 Å². The van der Waals surface area contributed by atoms with Crippen molar-refractivity contribution < 1.29 is 5.11 Å². The Bertz CT molecular complexity index is 448. The van der Waals surface area contributed by atoms with Crippen molar-refractivity contribution >= 4 is 23.4 Å². The first kappa shape index (κ1) is 9.07. The Morgan fingerprint density at radius 1 is 1.50 bits per heavy atom. The molecule has 1 aromatic rings. The molecule has 1 unspecified atom stereocenters. The van der Waals surface area contributed by atoms with Crippen molar-refractivity contribution in [2.45, 2.75) is 6.23 Å². The minimum Gasteiger partial charge on any atom is -0.369 e. The molecule has 70 valence electrons. The molecule has 4 heteroatoms. The fourth-order valence-corrected chi connectivity index (χ4v) is 1.53. The van der Waals surface area contributed by atoms with Gasteiger partial charge in [-0.05, 0) is 24.3 Å². The van der Waals surface area contributed by atoms with Crippen LogP contribution in [-0.4, -0.2) is 11.3 Å². The molecular formula is C10H7ClN2O. The number of benzene rings is 1. The fraction of sp³-hybridized carbons (Fsp3) is 0.100. The second-order valence-electron chi connectivity index (χ2n) is 2.99. The van der Waals surface area contributed by atoms with Crippen molar-refractivity contribution in [2.75, 3.05) is 5.32 Å². The van der Waals surface area contributed by atoms with E-state index in [-0.39, 0.29) is 0 Å². The third-order valence-corrected chi connectivity index (χ3v) is 2.28. The minimum absolute atomic E-state index is 0.291. The van der Waals surface area contributed by atoms with E-state index in [1.54, 1.807) is 24.3 Å². The summed E-state index contributed by atoms with van der Waals surface area (Å²) in [7, 11) is 0. The van der Waals surface area contributed by atoms with Crippen LogP contribution in [0.4, 0.5) is 5.69 Å². The van der Waals surface area contributed by atoms with E-state index < -0.39 is 6.23 Å². The van der Waals surface area contributed by atoms with Crippen LogP contribution in [0.3, 0.4) is 0 Å². The number of nitriles is 1. The second kappa shape index (κ2) is 3.33. The molecule has 3 nitrogen and oxygen atoms in total. The number of aliphatic hydroxyl groups excluding tert-OH is 1. The van der Waals surface area contributed by atoms with Crippen LogP contribution in [0.15, 0.2) is 23.8 Å². The lowest BCUT2D eigenvalue weighted by Gasteiger charge is -2.20. The third kappa shape index (κ3) is 1.46. The van der Waals surface area contributed by atoms with Gasteiger partial charge in [0.15, 0.2) is 6.23 Å². The van der Waals surface area contributed by atoms with Crippen LogP contribution in [0.5, 0.6) is 0 Å². The first-order chi connectivity index (χ1) is 6.70. The SMILES string of the molecule is N#CC1=Cc2cc(Cl)ccc2NC1O. The van der Waals surface area contributed by atoms with Crippen molar-refractivity contribution in [2.24, 2.45) is 0 Å². The molecule has 0 saturated heterocycles. The van der Waals surface area contributed by atoms with Crippen LogP contribution in [0.1, 0.15) is 5.56 Å². The first-order valence-corrected chi connectivity index (χ1v) is 4.44. The van der Waals surface area contributed by atoms with E-state index >= 15 is 0 Å². The first-order valence-electron chi connectivity index (χ1n) is 4.06. The highest BCUT2D eigenvalue weighted by atomic mass is 35.5. The number of halogens is 1. The van der Waals surface area contributed by atoms with Crippen LogP contribution in [0.2, 0.25) is 5.02 Å². The quantitative estimate of drug-likeness (QED) is 0.683. The van der Waals surface area contributed by atoms with E-state index in [0.29, 0.717) is 10.6 Å². The molecule has 1 aliphatic rings. The lowest BCUT2D eigenvalue weighted by Crippen LogP contribution is -2.23. The fourth-order valence-electron chi connectivity index (χ4n) is 1.35. The Morgan fingerprint density at radius 2 is 2.29 bits per heavy atom. The largest absolute Gasteiger partial charge is 0.369 e. The topological polar surface area (TPSA) is 56.0 Å². The highest BCUT2D eigenvalue weighted by Crippen LogP contribution is 2.28. The normalized spacial score (nSPS) is 18.9. The molecule has 0 fully saturated rings.